The second-order valence-corrected chi connectivity index (χ2v) is 8.71. The Balaban J connectivity index is 1.42. The number of carbonyl (C=O) groups excluding carboxylic acids is 1. The fourth-order valence-electron chi connectivity index (χ4n) is 3.87. The highest BCUT2D eigenvalue weighted by Gasteiger charge is 2.23. The highest BCUT2D eigenvalue weighted by molar-refractivity contribution is 8.03. The lowest BCUT2D eigenvalue weighted by molar-refractivity contribution is 0.569. The predicted octanol–water partition coefficient (Wildman–Crippen LogP) is 7.32. The van der Waals surface area contributed by atoms with Crippen molar-refractivity contribution < 1.29 is 4.79 Å². The molecule has 0 saturated carbocycles. The minimum absolute atomic E-state index is 0.551. The molecule has 4 aromatic rings. The molecule has 0 spiro atoms. The number of benzene rings is 4. The number of rotatable bonds is 4. The third kappa shape index (κ3) is 3.92. The van der Waals surface area contributed by atoms with Crippen molar-refractivity contribution >= 4 is 29.0 Å². The van der Waals surface area contributed by atoms with Crippen LogP contribution in [0.15, 0.2) is 119 Å². The number of hydrogen-bond acceptors (Lipinski definition) is 3. The zero-order valence-electron chi connectivity index (χ0n) is 17.7. The van der Waals surface area contributed by atoms with Gasteiger partial charge in [-0.05, 0) is 46.0 Å². The monoisotopic (exact) mass is 431 g/mol. The van der Waals surface area contributed by atoms with E-state index in [0.29, 0.717) is 5.57 Å². The highest BCUT2D eigenvalue weighted by Crippen LogP contribution is 2.47. The van der Waals surface area contributed by atoms with Crippen molar-refractivity contribution in [3.05, 3.63) is 120 Å². The second-order valence-electron chi connectivity index (χ2n) is 7.65. The minimum Gasteiger partial charge on any atom is -0.338 e. The van der Waals surface area contributed by atoms with Gasteiger partial charge < -0.3 is 4.90 Å². The van der Waals surface area contributed by atoms with Gasteiger partial charge in [0.15, 0.2) is 0 Å². The van der Waals surface area contributed by atoms with Gasteiger partial charge in [0.1, 0.15) is 5.94 Å². The van der Waals surface area contributed by atoms with Gasteiger partial charge in [0.05, 0.1) is 16.3 Å². The summed E-state index contributed by atoms with van der Waals surface area (Å²) in [6.45, 7) is 0. The molecule has 1 aliphatic rings. The van der Waals surface area contributed by atoms with Crippen molar-refractivity contribution in [1.82, 2.24) is 0 Å². The summed E-state index contributed by atoms with van der Waals surface area (Å²) in [6.07, 6.45) is 1.93. The van der Waals surface area contributed by atoms with E-state index in [9.17, 15) is 4.79 Å². The fraction of sp³-hybridized carbons (Fsp3) is 0.0345. The maximum absolute atomic E-state index is 11.8. The largest absolute Gasteiger partial charge is 0.338 e. The van der Waals surface area contributed by atoms with Crippen LogP contribution in [0.1, 0.15) is 5.56 Å². The van der Waals surface area contributed by atoms with E-state index < -0.39 is 0 Å². The van der Waals surface area contributed by atoms with Crippen molar-refractivity contribution in [1.29, 1.82) is 0 Å². The summed E-state index contributed by atoms with van der Waals surface area (Å²) in [7, 11) is 2.04. The molecule has 0 amide bonds. The van der Waals surface area contributed by atoms with Crippen molar-refractivity contribution in [3.63, 3.8) is 0 Å². The van der Waals surface area contributed by atoms with E-state index in [0.717, 1.165) is 27.4 Å². The van der Waals surface area contributed by atoms with Crippen molar-refractivity contribution in [2.45, 2.75) is 4.90 Å². The first-order valence-electron chi connectivity index (χ1n) is 10.5. The van der Waals surface area contributed by atoms with E-state index in [-0.39, 0.29) is 0 Å². The summed E-state index contributed by atoms with van der Waals surface area (Å²) >= 11 is 1.67. The fourth-order valence-corrected chi connectivity index (χ4v) is 4.94. The van der Waals surface area contributed by atoms with E-state index in [2.05, 4.69) is 65.4 Å². The van der Waals surface area contributed by atoms with Gasteiger partial charge in [0, 0.05) is 11.9 Å². The Hall–Kier alpha value is -3.78. The van der Waals surface area contributed by atoms with E-state index >= 15 is 0 Å². The molecule has 0 N–H and O–H groups in total. The molecule has 5 rings (SSSR count). The third-order valence-corrected chi connectivity index (χ3v) is 6.82. The Morgan fingerprint density at radius 1 is 0.750 bits per heavy atom. The topological polar surface area (TPSA) is 20.3 Å². The third-order valence-electron chi connectivity index (χ3n) is 5.65. The smallest absolute Gasteiger partial charge is 0.133 e. The standard InChI is InChI=1S/C29H21NOS/c1-30-27-18-25(22-10-6-3-7-11-22)16-17-28(27)32-29(30)19-26(20-31)24-14-12-23(13-15-24)21-8-4-2-5-9-21/h2-19H,1H3. The molecule has 0 atom stereocenters. The van der Waals surface area contributed by atoms with Gasteiger partial charge in [0.2, 0.25) is 0 Å². The molecule has 0 saturated heterocycles. The zero-order valence-corrected chi connectivity index (χ0v) is 18.5. The number of hydrogen-bond donors (Lipinski definition) is 0. The molecule has 0 aromatic heterocycles. The first-order chi connectivity index (χ1) is 15.7. The van der Waals surface area contributed by atoms with E-state index in [1.807, 2.05) is 61.7 Å². The van der Waals surface area contributed by atoms with Crippen molar-refractivity contribution in [2.24, 2.45) is 0 Å². The Bertz CT molecular complexity index is 1340. The quantitative estimate of drug-likeness (QED) is 0.316. The van der Waals surface area contributed by atoms with Gasteiger partial charge >= 0.3 is 0 Å². The molecular weight excluding hydrogens is 410 g/mol. The molecule has 4 aromatic carbocycles. The number of anilines is 1. The Morgan fingerprint density at radius 3 is 1.94 bits per heavy atom. The molecule has 1 aliphatic heterocycles. The van der Waals surface area contributed by atoms with Crippen molar-refractivity contribution in [2.75, 3.05) is 11.9 Å². The van der Waals surface area contributed by atoms with Crippen LogP contribution in [0.2, 0.25) is 0 Å². The normalized spacial score (nSPS) is 13.7. The molecule has 0 unspecified atom stereocenters. The van der Waals surface area contributed by atoms with E-state index in [1.165, 1.54) is 16.0 Å². The molecule has 0 bridgehead atoms. The molecule has 0 aliphatic carbocycles. The number of fused-ring (bicyclic) bond motifs is 1. The second kappa shape index (κ2) is 8.76. The lowest BCUT2D eigenvalue weighted by Gasteiger charge is -2.15. The van der Waals surface area contributed by atoms with Gasteiger partial charge in [-0.3, -0.25) is 0 Å². The van der Waals surface area contributed by atoms with Crippen LogP contribution in [0.5, 0.6) is 0 Å². The summed E-state index contributed by atoms with van der Waals surface area (Å²) in [5, 5.41) is 1.01. The van der Waals surface area contributed by atoms with Crippen LogP contribution in [-0.2, 0) is 4.79 Å². The van der Waals surface area contributed by atoms with Gasteiger partial charge in [-0.2, -0.15) is 0 Å². The summed E-state index contributed by atoms with van der Waals surface area (Å²) in [4.78, 5) is 15.2. The van der Waals surface area contributed by atoms with Crippen LogP contribution in [0.4, 0.5) is 5.69 Å². The maximum Gasteiger partial charge on any atom is 0.133 e. The van der Waals surface area contributed by atoms with Crippen LogP contribution in [0, 0.1) is 0 Å². The summed E-state index contributed by atoms with van der Waals surface area (Å²) in [5.74, 6) is 2.14. The first kappa shape index (κ1) is 20.1. The number of nitrogens with zero attached hydrogens (tertiary/aromatic N) is 1. The molecular formula is C29H21NOS. The Kier molecular flexibility index (Phi) is 5.51. The molecule has 154 valence electrons. The molecule has 2 nitrogen and oxygen atoms in total. The van der Waals surface area contributed by atoms with Crippen molar-refractivity contribution in [3.8, 4) is 22.3 Å². The Morgan fingerprint density at radius 2 is 1.31 bits per heavy atom. The highest BCUT2D eigenvalue weighted by atomic mass is 32.2. The van der Waals surface area contributed by atoms with Gasteiger partial charge in [-0.1, -0.05) is 103 Å². The Labute approximate surface area is 192 Å². The number of thioether (sulfide) groups is 1. The molecule has 1 heterocycles. The maximum atomic E-state index is 11.8. The summed E-state index contributed by atoms with van der Waals surface area (Å²) in [6, 6.07) is 35.2. The molecule has 0 radical (unpaired) electrons. The van der Waals surface area contributed by atoms with Crippen LogP contribution in [0.3, 0.4) is 0 Å². The van der Waals surface area contributed by atoms with Gasteiger partial charge in [-0.25, -0.2) is 4.79 Å². The van der Waals surface area contributed by atoms with Gasteiger partial charge in [0.25, 0.3) is 0 Å². The van der Waals surface area contributed by atoms with E-state index in [1.54, 1.807) is 11.8 Å². The SMILES string of the molecule is CN1C(=CC(=C=O)c2ccc(-c3ccccc3)cc2)Sc2ccc(-c3ccccc3)cc21. The summed E-state index contributed by atoms with van der Waals surface area (Å²) < 4.78 is 0. The zero-order chi connectivity index (χ0) is 21.9. The average molecular weight is 432 g/mol. The predicted molar refractivity (Wildman–Crippen MR) is 135 cm³/mol. The summed E-state index contributed by atoms with van der Waals surface area (Å²) in [5.41, 5.74) is 7.22. The average Bonchev–Trinajstić information content (AvgIpc) is 3.18. The van der Waals surface area contributed by atoms with Crippen LogP contribution in [0.25, 0.3) is 27.8 Å². The minimum atomic E-state index is 0.551. The molecule has 3 heteroatoms. The van der Waals surface area contributed by atoms with Crippen LogP contribution < -0.4 is 4.90 Å². The van der Waals surface area contributed by atoms with Gasteiger partial charge in [-0.15, -0.1) is 0 Å². The number of allylic oxidation sites excluding steroid dienone is 2. The van der Waals surface area contributed by atoms with E-state index in [4.69, 9.17) is 0 Å². The molecule has 32 heavy (non-hydrogen) atoms. The van der Waals surface area contributed by atoms with Crippen LogP contribution >= 0.6 is 11.8 Å². The molecule has 0 fully saturated rings. The first-order valence-corrected chi connectivity index (χ1v) is 11.3. The van der Waals surface area contributed by atoms with Crippen LogP contribution in [-0.4, -0.2) is 13.0 Å². The lowest BCUT2D eigenvalue weighted by atomic mass is 10.0. The lowest BCUT2D eigenvalue weighted by Crippen LogP contribution is -2.09.